The summed E-state index contributed by atoms with van der Waals surface area (Å²) in [4.78, 5) is 0. The summed E-state index contributed by atoms with van der Waals surface area (Å²) in [6.07, 6.45) is 4.32. The predicted octanol–water partition coefficient (Wildman–Crippen LogP) is 3.42. The maximum Gasteiger partial charge on any atom is 0.195 e. The second-order valence-electron chi connectivity index (χ2n) is 5.54. The molecule has 0 aliphatic rings. The minimum Gasteiger partial charge on any atom is -0.393 e. The number of hydrogen-bond donors (Lipinski definition) is 2. The van der Waals surface area contributed by atoms with Gasteiger partial charge >= 0.3 is 0 Å². The number of aliphatic hydroxyl groups is 1. The quantitative estimate of drug-likeness (QED) is 0.568. The number of H-pyrrole nitrogens is 1. The van der Waals surface area contributed by atoms with Gasteiger partial charge in [0.15, 0.2) is 4.77 Å². The van der Waals surface area contributed by atoms with E-state index in [1.165, 1.54) is 0 Å². The van der Waals surface area contributed by atoms with E-state index in [2.05, 4.69) is 30.6 Å². The topological polar surface area (TPSA) is 53.8 Å². The minimum absolute atomic E-state index is 0.232. The summed E-state index contributed by atoms with van der Waals surface area (Å²) in [6, 6.07) is 0. The molecular formula is C14H25N3OS. The van der Waals surface area contributed by atoms with Crippen molar-refractivity contribution in [2.75, 3.05) is 0 Å². The standard InChI is InChI=1S/C14H25N3OS/c1-5-8-17-13(15-16-14(17)19)12(9-11(4)18)7-6-10(2)3/h5,10-12,18H,1,6-9H2,2-4H3,(H,16,19)/t11-,12-/m1/s1. The lowest BCUT2D eigenvalue weighted by Crippen LogP contribution is -2.15. The summed E-state index contributed by atoms with van der Waals surface area (Å²) in [5.74, 6) is 1.81. The summed E-state index contributed by atoms with van der Waals surface area (Å²) < 4.78 is 2.59. The van der Waals surface area contributed by atoms with Crippen LogP contribution in [-0.2, 0) is 6.54 Å². The lowest BCUT2D eigenvalue weighted by Gasteiger charge is -2.19. The van der Waals surface area contributed by atoms with Gasteiger partial charge in [0.25, 0.3) is 0 Å². The largest absolute Gasteiger partial charge is 0.393 e. The van der Waals surface area contributed by atoms with Crippen molar-refractivity contribution in [1.29, 1.82) is 0 Å². The van der Waals surface area contributed by atoms with Crippen LogP contribution in [0.15, 0.2) is 12.7 Å². The van der Waals surface area contributed by atoms with Crippen LogP contribution in [0.3, 0.4) is 0 Å². The third kappa shape index (κ3) is 4.91. The van der Waals surface area contributed by atoms with Crippen molar-refractivity contribution in [1.82, 2.24) is 14.8 Å². The number of allylic oxidation sites excluding steroid dienone is 1. The fourth-order valence-electron chi connectivity index (χ4n) is 2.25. The highest BCUT2D eigenvalue weighted by molar-refractivity contribution is 7.71. The van der Waals surface area contributed by atoms with Gasteiger partial charge in [0.2, 0.25) is 0 Å². The molecule has 1 rings (SSSR count). The SMILES string of the molecule is C=CCn1c([C@H](CCC(C)C)C[C@@H](C)O)n[nH]c1=S. The normalized spacial score (nSPS) is 14.6. The van der Waals surface area contributed by atoms with Crippen molar-refractivity contribution in [3.05, 3.63) is 23.3 Å². The minimum atomic E-state index is -0.334. The summed E-state index contributed by atoms with van der Waals surface area (Å²) in [6.45, 7) is 10.6. The highest BCUT2D eigenvalue weighted by Crippen LogP contribution is 2.27. The van der Waals surface area contributed by atoms with Gasteiger partial charge in [0.1, 0.15) is 5.82 Å². The van der Waals surface area contributed by atoms with Crippen LogP contribution in [-0.4, -0.2) is 26.0 Å². The average molecular weight is 283 g/mol. The first-order valence-electron chi connectivity index (χ1n) is 6.89. The molecule has 108 valence electrons. The molecule has 4 nitrogen and oxygen atoms in total. The van der Waals surface area contributed by atoms with Crippen molar-refractivity contribution < 1.29 is 5.11 Å². The van der Waals surface area contributed by atoms with Gasteiger partial charge in [-0.05, 0) is 37.9 Å². The Labute approximate surface area is 120 Å². The zero-order valence-electron chi connectivity index (χ0n) is 12.1. The van der Waals surface area contributed by atoms with Crippen molar-refractivity contribution in [2.24, 2.45) is 5.92 Å². The molecule has 0 saturated carbocycles. The molecule has 0 spiro atoms. The Morgan fingerprint density at radius 3 is 2.63 bits per heavy atom. The van der Waals surface area contributed by atoms with Crippen LogP contribution in [0.5, 0.6) is 0 Å². The molecule has 0 unspecified atom stereocenters. The number of hydrogen-bond acceptors (Lipinski definition) is 3. The van der Waals surface area contributed by atoms with Gasteiger partial charge < -0.3 is 9.67 Å². The Kier molecular flexibility index (Phi) is 6.45. The Bertz CT molecular complexity index is 448. The number of nitrogens with one attached hydrogen (secondary N) is 1. The molecule has 0 aliphatic heterocycles. The fourth-order valence-corrected chi connectivity index (χ4v) is 2.46. The molecular weight excluding hydrogens is 258 g/mol. The van der Waals surface area contributed by atoms with E-state index >= 15 is 0 Å². The molecule has 0 fully saturated rings. The van der Waals surface area contributed by atoms with Gasteiger partial charge in [0.05, 0.1) is 6.10 Å². The molecule has 5 heteroatoms. The van der Waals surface area contributed by atoms with Crippen LogP contribution in [0.25, 0.3) is 0 Å². The van der Waals surface area contributed by atoms with Crippen molar-refractivity contribution in [2.45, 2.75) is 58.6 Å². The van der Waals surface area contributed by atoms with E-state index in [4.69, 9.17) is 12.2 Å². The molecule has 19 heavy (non-hydrogen) atoms. The molecule has 0 saturated heterocycles. The van der Waals surface area contributed by atoms with Gasteiger partial charge in [-0.1, -0.05) is 26.3 Å². The lowest BCUT2D eigenvalue weighted by molar-refractivity contribution is 0.169. The van der Waals surface area contributed by atoms with Gasteiger partial charge in [-0.15, -0.1) is 6.58 Å². The third-order valence-corrected chi connectivity index (χ3v) is 3.49. The van der Waals surface area contributed by atoms with E-state index in [0.29, 0.717) is 23.7 Å². The summed E-state index contributed by atoms with van der Waals surface area (Å²) in [7, 11) is 0. The van der Waals surface area contributed by atoms with E-state index in [1.54, 1.807) is 0 Å². The first-order valence-corrected chi connectivity index (χ1v) is 7.30. The molecule has 0 radical (unpaired) electrons. The number of rotatable bonds is 8. The molecule has 1 aromatic heterocycles. The molecule has 0 bridgehead atoms. The van der Waals surface area contributed by atoms with E-state index in [1.807, 2.05) is 17.6 Å². The first kappa shape index (κ1) is 16.1. The Morgan fingerprint density at radius 2 is 2.11 bits per heavy atom. The van der Waals surface area contributed by atoms with Gasteiger partial charge in [-0.2, -0.15) is 5.10 Å². The molecule has 1 aromatic rings. The Morgan fingerprint density at radius 1 is 1.42 bits per heavy atom. The molecule has 0 aliphatic carbocycles. The second kappa shape index (κ2) is 7.60. The van der Waals surface area contributed by atoms with Crippen LogP contribution < -0.4 is 0 Å². The van der Waals surface area contributed by atoms with Crippen molar-refractivity contribution in [3.8, 4) is 0 Å². The van der Waals surface area contributed by atoms with Crippen LogP contribution in [0.4, 0.5) is 0 Å². The van der Waals surface area contributed by atoms with Gasteiger partial charge in [-0.25, -0.2) is 0 Å². The molecule has 2 atom stereocenters. The zero-order valence-corrected chi connectivity index (χ0v) is 12.9. The van der Waals surface area contributed by atoms with Crippen LogP contribution >= 0.6 is 12.2 Å². The average Bonchev–Trinajstić information content (AvgIpc) is 2.67. The zero-order chi connectivity index (χ0) is 14.4. The Hall–Kier alpha value is -0.940. The monoisotopic (exact) mass is 283 g/mol. The highest BCUT2D eigenvalue weighted by atomic mass is 32.1. The van der Waals surface area contributed by atoms with Crippen LogP contribution in [0.1, 0.15) is 51.8 Å². The van der Waals surface area contributed by atoms with E-state index in [9.17, 15) is 5.11 Å². The summed E-state index contributed by atoms with van der Waals surface area (Å²) in [5, 5.41) is 16.9. The molecule has 0 amide bonds. The third-order valence-electron chi connectivity index (χ3n) is 3.18. The molecule has 1 heterocycles. The predicted molar refractivity (Wildman–Crippen MR) is 80.7 cm³/mol. The fraction of sp³-hybridized carbons (Fsp3) is 0.714. The molecule has 0 aromatic carbocycles. The molecule has 2 N–H and O–H groups in total. The van der Waals surface area contributed by atoms with Crippen molar-refractivity contribution >= 4 is 12.2 Å². The lowest BCUT2D eigenvalue weighted by atomic mass is 9.92. The van der Waals surface area contributed by atoms with E-state index in [0.717, 1.165) is 18.7 Å². The number of aromatic nitrogens is 3. The smallest absolute Gasteiger partial charge is 0.195 e. The number of nitrogens with zero attached hydrogens (tertiary/aromatic N) is 2. The van der Waals surface area contributed by atoms with Crippen molar-refractivity contribution in [3.63, 3.8) is 0 Å². The maximum atomic E-state index is 9.68. The summed E-state index contributed by atoms with van der Waals surface area (Å²) in [5.41, 5.74) is 0. The van der Waals surface area contributed by atoms with E-state index in [-0.39, 0.29) is 12.0 Å². The maximum absolute atomic E-state index is 9.68. The number of aliphatic hydroxyl groups excluding tert-OH is 1. The van der Waals surface area contributed by atoms with Gasteiger partial charge in [-0.3, -0.25) is 5.10 Å². The Balaban J connectivity index is 2.95. The highest BCUT2D eigenvalue weighted by Gasteiger charge is 2.20. The second-order valence-corrected chi connectivity index (χ2v) is 5.93. The first-order chi connectivity index (χ1) is 8.95. The van der Waals surface area contributed by atoms with Gasteiger partial charge in [0, 0.05) is 12.5 Å². The van der Waals surface area contributed by atoms with Crippen LogP contribution in [0.2, 0.25) is 0 Å². The van der Waals surface area contributed by atoms with Crippen LogP contribution in [0, 0.1) is 10.7 Å². The van der Waals surface area contributed by atoms with E-state index < -0.39 is 0 Å². The summed E-state index contributed by atoms with van der Waals surface area (Å²) >= 11 is 5.24. The number of aromatic amines is 1.